The molecular formula is C10H7ClFN3OS. The Morgan fingerprint density at radius 3 is 2.82 bits per heavy atom. The van der Waals surface area contributed by atoms with E-state index in [0.717, 1.165) is 11.8 Å². The van der Waals surface area contributed by atoms with Gasteiger partial charge in [0.2, 0.25) is 0 Å². The Bertz CT molecular complexity index is 617. The van der Waals surface area contributed by atoms with Crippen LogP contribution in [0.3, 0.4) is 0 Å². The highest BCUT2D eigenvalue weighted by molar-refractivity contribution is 7.99. The average Bonchev–Trinajstić information content (AvgIpc) is 2.25. The summed E-state index contributed by atoms with van der Waals surface area (Å²) in [5.41, 5.74) is 4.96. The van der Waals surface area contributed by atoms with Gasteiger partial charge in [0.25, 0.3) is 5.56 Å². The summed E-state index contributed by atoms with van der Waals surface area (Å²) in [4.78, 5) is 18.6. The SMILES string of the molecule is Nc1ncc(Sc2ccc(F)cc2Cl)c(=O)[nH]1. The molecule has 0 spiro atoms. The highest BCUT2D eigenvalue weighted by Crippen LogP contribution is 2.31. The standard InChI is InChI=1S/C10H7ClFN3OS/c11-6-3-5(12)1-2-7(6)17-8-4-14-10(13)15-9(8)16/h1-4H,(H3,13,14,15,16). The van der Waals surface area contributed by atoms with Crippen LogP contribution in [0, 0.1) is 5.82 Å². The summed E-state index contributed by atoms with van der Waals surface area (Å²) in [5.74, 6) is -0.381. The van der Waals surface area contributed by atoms with Crippen LogP contribution in [0.15, 0.2) is 39.0 Å². The minimum atomic E-state index is -0.427. The average molecular weight is 272 g/mol. The lowest BCUT2D eigenvalue weighted by molar-refractivity contribution is 0.626. The normalized spacial score (nSPS) is 10.5. The fourth-order valence-corrected chi connectivity index (χ4v) is 2.21. The predicted octanol–water partition coefficient (Wildman–Crippen LogP) is 2.30. The second-order valence-electron chi connectivity index (χ2n) is 3.14. The van der Waals surface area contributed by atoms with E-state index in [4.69, 9.17) is 17.3 Å². The summed E-state index contributed by atoms with van der Waals surface area (Å²) < 4.78 is 12.8. The Labute approximate surface area is 105 Å². The number of nitrogens with two attached hydrogens (primary N) is 1. The summed E-state index contributed by atoms with van der Waals surface area (Å²) >= 11 is 6.94. The predicted molar refractivity (Wildman–Crippen MR) is 64.8 cm³/mol. The highest BCUT2D eigenvalue weighted by atomic mass is 35.5. The number of benzene rings is 1. The van der Waals surface area contributed by atoms with Crippen molar-refractivity contribution in [2.75, 3.05) is 5.73 Å². The van der Waals surface area contributed by atoms with Crippen molar-refractivity contribution in [2.24, 2.45) is 0 Å². The molecule has 0 atom stereocenters. The van der Waals surface area contributed by atoms with E-state index in [1.807, 2.05) is 0 Å². The number of aromatic nitrogens is 2. The van der Waals surface area contributed by atoms with E-state index in [2.05, 4.69) is 9.97 Å². The van der Waals surface area contributed by atoms with Crippen molar-refractivity contribution in [3.05, 3.63) is 45.6 Å². The topological polar surface area (TPSA) is 71.8 Å². The molecule has 0 bridgehead atoms. The summed E-state index contributed by atoms with van der Waals surface area (Å²) in [7, 11) is 0. The van der Waals surface area contributed by atoms with E-state index in [1.165, 1.54) is 24.4 Å². The number of hydrogen-bond acceptors (Lipinski definition) is 4. The largest absolute Gasteiger partial charge is 0.369 e. The third-order valence-corrected chi connectivity index (χ3v) is 3.41. The monoisotopic (exact) mass is 271 g/mol. The van der Waals surface area contributed by atoms with Gasteiger partial charge in [-0.2, -0.15) is 0 Å². The molecular weight excluding hydrogens is 265 g/mol. The summed E-state index contributed by atoms with van der Waals surface area (Å²) in [6.07, 6.45) is 1.35. The zero-order chi connectivity index (χ0) is 12.4. The number of hydrogen-bond donors (Lipinski definition) is 2. The molecule has 17 heavy (non-hydrogen) atoms. The van der Waals surface area contributed by atoms with Gasteiger partial charge in [-0.3, -0.25) is 9.78 Å². The van der Waals surface area contributed by atoms with E-state index >= 15 is 0 Å². The van der Waals surface area contributed by atoms with Gasteiger partial charge in [0.1, 0.15) is 5.82 Å². The number of rotatable bonds is 2. The van der Waals surface area contributed by atoms with Crippen molar-refractivity contribution in [3.63, 3.8) is 0 Å². The molecule has 0 amide bonds. The maximum absolute atomic E-state index is 12.8. The summed E-state index contributed by atoms with van der Waals surface area (Å²) in [6.45, 7) is 0. The molecule has 2 rings (SSSR count). The van der Waals surface area contributed by atoms with Crippen molar-refractivity contribution in [1.82, 2.24) is 9.97 Å². The fourth-order valence-electron chi connectivity index (χ4n) is 1.15. The van der Waals surface area contributed by atoms with Gasteiger partial charge in [0, 0.05) is 4.90 Å². The molecule has 1 heterocycles. The second kappa shape index (κ2) is 4.77. The molecule has 4 nitrogen and oxygen atoms in total. The second-order valence-corrected chi connectivity index (χ2v) is 4.63. The first kappa shape index (κ1) is 11.9. The molecule has 3 N–H and O–H groups in total. The van der Waals surface area contributed by atoms with Crippen LogP contribution in [0.2, 0.25) is 5.02 Å². The zero-order valence-electron chi connectivity index (χ0n) is 8.41. The molecule has 0 fully saturated rings. The number of nitrogens with zero attached hydrogens (tertiary/aromatic N) is 1. The molecule has 0 saturated heterocycles. The van der Waals surface area contributed by atoms with Gasteiger partial charge in [-0.1, -0.05) is 23.4 Å². The first-order valence-electron chi connectivity index (χ1n) is 4.54. The molecule has 0 aliphatic heterocycles. The number of aromatic amines is 1. The highest BCUT2D eigenvalue weighted by Gasteiger charge is 2.07. The maximum atomic E-state index is 12.8. The lowest BCUT2D eigenvalue weighted by Crippen LogP contribution is -2.11. The maximum Gasteiger partial charge on any atom is 0.266 e. The molecule has 1 aromatic heterocycles. The first-order valence-corrected chi connectivity index (χ1v) is 5.73. The van der Waals surface area contributed by atoms with Crippen molar-refractivity contribution < 1.29 is 4.39 Å². The van der Waals surface area contributed by atoms with Crippen LogP contribution in [0.25, 0.3) is 0 Å². The molecule has 7 heteroatoms. The van der Waals surface area contributed by atoms with Crippen LogP contribution in [-0.4, -0.2) is 9.97 Å². The molecule has 0 radical (unpaired) electrons. The summed E-state index contributed by atoms with van der Waals surface area (Å²) in [6, 6.07) is 3.95. The van der Waals surface area contributed by atoms with E-state index in [-0.39, 0.29) is 16.5 Å². The van der Waals surface area contributed by atoms with Crippen LogP contribution in [-0.2, 0) is 0 Å². The van der Waals surface area contributed by atoms with Gasteiger partial charge in [0.15, 0.2) is 5.95 Å². The quantitative estimate of drug-likeness (QED) is 0.879. The minimum Gasteiger partial charge on any atom is -0.369 e. The molecule has 0 aliphatic rings. The smallest absolute Gasteiger partial charge is 0.266 e. The van der Waals surface area contributed by atoms with Crippen LogP contribution >= 0.6 is 23.4 Å². The Balaban J connectivity index is 2.35. The van der Waals surface area contributed by atoms with Gasteiger partial charge >= 0.3 is 0 Å². The minimum absolute atomic E-state index is 0.0459. The van der Waals surface area contributed by atoms with Gasteiger partial charge < -0.3 is 5.73 Å². The molecule has 2 aromatic rings. The van der Waals surface area contributed by atoms with Gasteiger partial charge in [0.05, 0.1) is 16.1 Å². The Morgan fingerprint density at radius 1 is 1.41 bits per heavy atom. The number of H-pyrrole nitrogens is 1. The Kier molecular flexibility index (Phi) is 3.35. The number of halogens is 2. The van der Waals surface area contributed by atoms with Crippen LogP contribution < -0.4 is 11.3 Å². The number of anilines is 1. The molecule has 0 saturated carbocycles. The first-order chi connectivity index (χ1) is 8.06. The number of nitrogen functional groups attached to an aromatic ring is 1. The third kappa shape index (κ3) is 2.78. The molecule has 1 aromatic carbocycles. The van der Waals surface area contributed by atoms with E-state index in [0.29, 0.717) is 9.79 Å². The lowest BCUT2D eigenvalue weighted by atomic mass is 10.3. The van der Waals surface area contributed by atoms with E-state index in [9.17, 15) is 9.18 Å². The van der Waals surface area contributed by atoms with Crippen molar-refractivity contribution >= 4 is 29.3 Å². The van der Waals surface area contributed by atoms with Crippen LogP contribution in [0.5, 0.6) is 0 Å². The van der Waals surface area contributed by atoms with Gasteiger partial charge in [-0.25, -0.2) is 9.37 Å². The van der Waals surface area contributed by atoms with Crippen molar-refractivity contribution in [3.8, 4) is 0 Å². The van der Waals surface area contributed by atoms with Gasteiger partial charge in [-0.05, 0) is 18.2 Å². The molecule has 0 unspecified atom stereocenters. The van der Waals surface area contributed by atoms with Gasteiger partial charge in [-0.15, -0.1) is 0 Å². The third-order valence-electron chi connectivity index (χ3n) is 1.90. The van der Waals surface area contributed by atoms with Crippen LogP contribution in [0.4, 0.5) is 10.3 Å². The molecule has 88 valence electrons. The van der Waals surface area contributed by atoms with E-state index in [1.54, 1.807) is 0 Å². The Morgan fingerprint density at radius 2 is 2.18 bits per heavy atom. The zero-order valence-corrected chi connectivity index (χ0v) is 9.98. The number of nitrogens with one attached hydrogen (secondary N) is 1. The van der Waals surface area contributed by atoms with Crippen LogP contribution in [0.1, 0.15) is 0 Å². The van der Waals surface area contributed by atoms with Crippen molar-refractivity contribution in [1.29, 1.82) is 0 Å². The van der Waals surface area contributed by atoms with E-state index < -0.39 is 5.82 Å². The van der Waals surface area contributed by atoms with Crippen molar-refractivity contribution in [2.45, 2.75) is 9.79 Å². The summed E-state index contributed by atoms with van der Waals surface area (Å²) in [5, 5.41) is 0.242. The fraction of sp³-hybridized carbons (Fsp3) is 0. The molecule has 0 aliphatic carbocycles. The Hall–Kier alpha value is -1.53. The lowest BCUT2D eigenvalue weighted by Gasteiger charge is -2.03.